The van der Waals surface area contributed by atoms with Gasteiger partial charge in [-0.15, -0.1) is 0 Å². The molecule has 2 aromatic rings. The molecule has 20 heavy (non-hydrogen) atoms. The van der Waals surface area contributed by atoms with E-state index in [0.717, 1.165) is 11.1 Å². The number of nitrogens with one attached hydrogen (secondary N) is 1. The van der Waals surface area contributed by atoms with Gasteiger partial charge in [-0.05, 0) is 24.6 Å². The maximum absolute atomic E-state index is 11.4. The quantitative estimate of drug-likeness (QED) is 0.878. The first kappa shape index (κ1) is 14.7. The number of hydrogen-bond donors (Lipinski definition) is 1. The van der Waals surface area contributed by atoms with Crippen molar-refractivity contribution in [1.82, 2.24) is 9.97 Å². The molecular weight excluding hydrogens is 298 g/mol. The van der Waals surface area contributed by atoms with Crippen LogP contribution in [0.5, 0.6) is 0 Å². The Bertz CT molecular complexity index is 715. The Balaban J connectivity index is 2.10. The topological polar surface area (TPSA) is 72.0 Å². The van der Waals surface area contributed by atoms with Crippen LogP contribution in [0.15, 0.2) is 35.5 Å². The van der Waals surface area contributed by atoms with E-state index in [9.17, 15) is 8.42 Å². The SMILES string of the molecule is Cc1c(Cl)ncnc1NCc1ccc(S(C)(=O)=O)cc1. The fourth-order valence-corrected chi connectivity index (χ4v) is 2.41. The zero-order chi connectivity index (χ0) is 14.8. The molecule has 0 atom stereocenters. The molecule has 2 rings (SSSR count). The molecule has 0 unspecified atom stereocenters. The second-order valence-electron chi connectivity index (χ2n) is 4.41. The minimum atomic E-state index is -3.16. The van der Waals surface area contributed by atoms with E-state index in [1.54, 1.807) is 24.3 Å². The van der Waals surface area contributed by atoms with Crippen molar-refractivity contribution in [2.45, 2.75) is 18.4 Å². The second kappa shape index (κ2) is 5.76. The van der Waals surface area contributed by atoms with Gasteiger partial charge in [0.05, 0.1) is 4.90 Å². The van der Waals surface area contributed by atoms with Crippen LogP contribution in [0.1, 0.15) is 11.1 Å². The lowest BCUT2D eigenvalue weighted by Gasteiger charge is -2.09. The third-order valence-corrected chi connectivity index (χ3v) is 4.34. The predicted octanol–water partition coefficient (Wildman–Crippen LogP) is 2.45. The average Bonchev–Trinajstić information content (AvgIpc) is 2.40. The van der Waals surface area contributed by atoms with Crippen LogP contribution >= 0.6 is 11.6 Å². The zero-order valence-corrected chi connectivity index (χ0v) is 12.7. The van der Waals surface area contributed by atoms with Crippen LogP contribution in [0.2, 0.25) is 5.15 Å². The Kier molecular flexibility index (Phi) is 4.25. The Labute approximate surface area is 123 Å². The highest BCUT2D eigenvalue weighted by Gasteiger charge is 2.07. The highest BCUT2D eigenvalue weighted by Crippen LogP contribution is 2.19. The van der Waals surface area contributed by atoms with Crippen LogP contribution in [-0.2, 0) is 16.4 Å². The number of sulfone groups is 1. The van der Waals surface area contributed by atoms with E-state index in [-0.39, 0.29) is 0 Å². The third kappa shape index (κ3) is 3.46. The van der Waals surface area contributed by atoms with Crippen LogP contribution < -0.4 is 5.32 Å². The average molecular weight is 312 g/mol. The molecule has 0 bridgehead atoms. The molecule has 5 nitrogen and oxygen atoms in total. The van der Waals surface area contributed by atoms with E-state index >= 15 is 0 Å². The van der Waals surface area contributed by atoms with E-state index in [0.29, 0.717) is 22.4 Å². The van der Waals surface area contributed by atoms with Gasteiger partial charge in [-0.2, -0.15) is 0 Å². The van der Waals surface area contributed by atoms with E-state index in [4.69, 9.17) is 11.6 Å². The maximum atomic E-state index is 11.4. The van der Waals surface area contributed by atoms with Gasteiger partial charge in [-0.1, -0.05) is 23.7 Å². The van der Waals surface area contributed by atoms with Crippen LogP contribution in [0.25, 0.3) is 0 Å². The largest absolute Gasteiger partial charge is 0.366 e. The molecule has 7 heteroatoms. The maximum Gasteiger partial charge on any atom is 0.175 e. The van der Waals surface area contributed by atoms with Crippen molar-refractivity contribution in [1.29, 1.82) is 0 Å². The van der Waals surface area contributed by atoms with Crippen molar-refractivity contribution >= 4 is 27.3 Å². The van der Waals surface area contributed by atoms with Crippen molar-refractivity contribution in [3.63, 3.8) is 0 Å². The lowest BCUT2D eigenvalue weighted by Crippen LogP contribution is -2.04. The first-order chi connectivity index (χ1) is 9.38. The van der Waals surface area contributed by atoms with Crippen molar-refractivity contribution < 1.29 is 8.42 Å². The number of hydrogen-bond acceptors (Lipinski definition) is 5. The summed E-state index contributed by atoms with van der Waals surface area (Å²) >= 11 is 5.91. The molecule has 106 valence electrons. The Morgan fingerprint density at radius 3 is 2.45 bits per heavy atom. The van der Waals surface area contributed by atoms with Crippen molar-refractivity contribution in [2.24, 2.45) is 0 Å². The third-order valence-electron chi connectivity index (χ3n) is 2.83. The normalized spacial score (nSPS) is 11.3. The summed E-state index contributed by atoms with van der Waals surface area (Å²) in [5.41, 5.74) is 1.73. The van der Waals surface area contributed by atoms with Gasteiger partial charge >= 0.3 is 0 Å². The minimum Gasteiger partial charge on any atom is -0.366 e. The highest BCUT2D eigenvalue weighted by molar-refractivity contribution is 7.90. The predicted molar refractivity (Wildman–Crippen MR) is 78.7 cm³/mol. The van der Waals surface area contributed by atoms with E-state index in [1.165, 1.54) is 12.6 Å². The molecule has 0 aliphatic rings. The monoisotopic (exact) mass is 311 g/mol. The van der Waals surface area contributed by atoms with Gasteiger partial charge in [0, 0.05) is 18.4 Å². The van der Waals surface area contributed by atoms with Crippen molar-refractivity contribution in [2.75, 3.05) is 11.6 Å². The molecule has 0 radical (unpaired) electrons. The number of anilines is 1. The molecule has 0 aliphatic carbocycles. The van der Waals surface area contributed by atoms with Gasteiger partial charge in [0.1, 0.15) is 17.3 Å². The van der Waals surface area contributed by atoms with Gasteiger partial charge < -0.3 is 5.32 Å². The van der Waals surface area contributed by atoms with Gasteiger partial charge in [-0.3, -0.25) is 0 Å². The molecule has 0 amide bonds. The molecule has 1 aromatic carbocycles. The van der Waals surface area contributed by atoms with Crippen molar-refractivity contribution in [3.05, 3.63) is 46.9 Å². The summed E-state index contributed by atoms with van der Waals surface area (Å²) in [6.07, 6.45) is 2.58. The lowest BCUT2D eigenvalue weighted by atomic mass is 10.2. The van der Waals surface area contributed by atoms with Crippen LogP contribution in [-0.4, -0.2) is 24.6 Å². The summed E-state index contributed by atoms with van der Waals surface area (Å²) in [4.78, 5) is 8.30. The van der Waals surface area contributed by atoms with Gasteiger partial charge in [0.25, 0.3) is 0 Å². The summed E-state index contributed by atoms with van der Waals surface area (Å²) in [7, 11) is -3.16. The minimum absolute atomic E-state index is 0.308. The van der Waals surface area contributed by atoms with Crippen LogP contribution in [0.4, 0.5) is 5.82 Å². The highest BCUT2D eigenvalue weighted by atomic mass is 35.5. The molecule has 0 aliphatic heterocycles. The van der Waals surface area contributed by atoms with Crippen LogP contribution in [0.3, 0.4) is 0 Å². The number of rotatable bonds is 4. The van der Waals surface area contributed by atoms with Gasteiger partial charge in [0.15, 0.2) is 9.84 Å². The summed E-state index contributed by atoms with van der Waals surface area (Å²) in [5, 5.41) is 3.56. The molecule has 0 spiro atoms. The summed E-state index contributed by atoms with van der Waals surface area (Å²) in [5.74, 6) is 0.664. The molecule has 0 saturated heterocycles. The van der Waals surface area contributed by atoms with Crippen molar-refractivity contribution in [3.8, 4) is 0 Å². The fourth-order valence-electron chi connectivity index (χ4n) is 1.65. The fraction of sp³-hybridized carbons (Fsp3) is 0.231. The lowest BCUT2D eigenvalue weighted by molar-refractivity contribution is 0.602. The zero-order valence-electron chi connectivity index (χ0n) is 11.1. The second-order valence-corrected chi connectivity index (χ2v) is 6.78. The molecule has 0 saturated carbocycles. The number of benzene rings is 1. The van der Waals surface area contributed by atoms with Crippen LogP contribution in [0, 0.1) is 6.92 Å². The first-order valence-electron chi connectivity index (χ1n) is 5.88. The Morgan fingerprint density at radius 2 is 1.85 bits per heavy atom. The number of nitrogens with zero attached hydrogens (tertiary/aromatic N) is 2. The molecule has 1 aromatic heterocycles. The standard InChI is InChI=1S/C13H14ClN3O2S/c1-9-12(14)16-8-17-13(9)15-7-10-3-5-11(6-4-10)20(2,18)19/h3-6,8H,7H2,1-2H3,(H,15,16,17). The first-order valence-corrected chi connectivity index (χ1v) is 8.15. The molecular formula is C13H14ClN3O2S. The van der Waals surface area contributed by atoms with E-state index in [2.05, 4.69) is 15.3 Å². The Morgan fingerprint density at radius 1 is 1.20 bits per heavy atom. The smallest absolute Gasteiger partial charge is 0.175 e. The molecule has 1 N–H and O–H groups in total. The summed E-state index contributed by atoms with van der Waals surface area (Å²) in [6.45, 7) is 2.36. The van der Waals surface area contributed by atoms with Gasteiger partial charge in [-0.25, -0.2) is 18.4 Å². The summed E-state index contributed by atoms with van der Waals surface area (Å²) < 4.78 is 22.7. The number of aromatic nitrogens is 2. The van der Waals surface area contributed by atoms with Gasteiger partial charge in [0.2, 0.25) is 0 Å². The van der Waals surface area contributed by atoms with E-state index in [1.807, 2.05) is 6.92 Å². The number of halogens is 1. The van der Waals surface area contributed by atoms with E-state index < -0.39 is 9.84 Å². The summed E-state index contributed by atoms with van der Waals surface area (Å²) in [6, 6.07) is 6.71. The molecule has 0 fully saturated rings. The molecule has 1 heterocycles. The Hall–Kier alpha value is -1.66.